The van der Waals surface area contributed by atoms with Gasteiger partial charge in [-0.2, -0.15) is 0 Å². The summed E-state index contributed by atoms with van der Waals surface area (Å²) in [6.07, 6.45) is 2.00. The highest BCUT2D eigenvalue weighted by molar-refractivity contribution is 6.42. The van der Waals surface area contributed by atoms with E-state index in [2.05, 4.69) is 0 Å². The highest BCUT2D eigenvalue weighted by Gasteiger charge is 2.33. The molecular formula is C19H19Cl2NO3. The third-order valence-electron chi connectivity index (χ3n) is 4.24. The molecule has 1 saturated carbocycles. The van der Waals surface area contributed by atoms with Crippen LogP contribution >= 0.6 is 23.2 Å². The van der Waals surface area contributed by atoms with Crippen molar-refractivity contribution in [3.8, 4) is 11.5 Å². The minimum absolute atomic E-state index is 0.0639. The number of ether oxygens (including phenoxy) is 2. The van der Waals surface area contributed by atoms with Gasteiger partial charge in [0.25, 0.3) is 5.91 Å². The maximum atomic E-state index is 13.0. The lowest BCUT2D eigenvalue weighted by atomic mass is 10.1. The average molecular weight is 380 g/mol. The number of rotatable bonds is 6. The van der Waals surface area contributed by atoms with Gasteiger partial charge in [0.1, 0.15) is 11.5 Å². The van der Waals surface area contributed by atoms with Gasteiger partial charge in [-0.3, -0.25) is 4.79 Å². The molecule has 0 heterocycles. The Balaban J connectivity index is 1.89. The van der Waals surface area contributed by atoms with E-state index in [0.29, 0.717) is 22.2 Å². The smallest absolute Gasteiger partial charge is 0.254 e. The fourth-order valence-electron chi connectivity index (χ4n) is 2.74. The second-order valence-electron chi connectivity index (χ2n) is 5.97. The maximum absolute atomic E-state index is 13.0. The number of methoxy groups -OCH3 is 2. The lowest BCUT2D eigenvalue weighted by molar-refractivity contribution is 0.0728. The molecule has 0 N–H and O–H groups in total. The molecule has 0 aliphatic heterocycles. The summed E-state index contributed by atoms with van der Waals surface area (Å²) in [5.41, 5.74) is 1.44. The van der Waals surface area contributed by atoms with Crippen molar-refractivity contribution in [2.45, 2.75) is 25.4 Å². The quantitative estimate of drug-likeness (QED) is 0.722. The van der Waals surface area contributed by atoms with Crippen molar-refractivity contribution in [1.29, 1.82) is 0 Å². The van der Waals surface area contributed by atoms with Crippen LogP contribution in [0.3, 0.4) is 0 Å². The number of hydrogen-bond donors (Lipinski definition) is 0. The lowest BCUT2D eigenvalue weighted by Crippen LogP contribution is -2.32. The number of carbonyl (C=O) groups is 1. The summed E-state index contributed by atoms with van der Waals surface area (Å²) in [5.74, 6) is 1.40. The largest absolute Gasteiger partial charge is 0.497 e. The number of carbonyl (C=O) groups excluding carboxylic acids is 1. The Morgan fingerprint density at radius 3 is 2.44 bits per heavy atom. The molecule has 1 aliphatic rings. The fourth-order valence-corrected chi connectivity index (χ4v) is 3.04. The predicted molar refractivity (Wildman–Crippen MR) is 98.9 cm³/mol. The number of amides is 1. The van der Waals surface area contributed by atoms with E-state index in [0.717, 1.165) is 29.9 Å². The van der Waals surface area contributed by atoms with Crippen LogP contribution in [-0.2, 0) is 6.54 Å². The van der Waals surface area contributed by atoms with Gasteiger partial charge in [-0.15, -0.1) is 0 Å². The van der Waals surface area contributed by atoms with Crippen molar-refractivity contribution in [3.63, 3.8) is 0 Å². The molecule has 1 aliphatic carbocycles. The first-order valence-corrected chi connectivity index (χ1v) is 8.76. The maximum Gasteiger partial charge on any atom is 0.254 e. The molecule has 0 unspecified atom stereocenters. The van der Waals surface area contributed by atoms with Gasteiger partial charge < -0.3 is 14.4 Å². The Labute approximate surface area is 157 Å². The molecule has 4 nitrogen and oxygen atoms in total. The SMILES string of the molecule is COc1ccc(OC)c(CN(C(=O)c2ccc(Cl)c(Cl)c2)C2CC2)c1. The molecule has 0 atom stereocenters. The van der Waals surface area contributed by atoms with E-state index < -0.39 is 0 Å². The van der Waals surface area contributed by atoms with Gasteiger partial charge in [-0.25, -0.2) is 0 Å². The molecule has 0 aromatic heterocycles. The highest BCUT2D eigenvalue weighted by atomic mass is 35.5. The van der Waals surface area contributed by atoms with Gasteiger partial charge in [0.05, 0.1) is 30.8 Å². The first-order valence-electron chi connectivity index (χ1n) is 8.00. The van der Waals surface area contributed by atoms with E-state index in [1.807, 2.05) is 23.1 Å². The van der Waals surface area contributed by atoms with Crippen molar-refractivity contribution < 1.29 is 14.3 Å². The molecule has 3 rings (SSSR count). The molecule has 0 bridgehead atoms. The van der Waals surface area contributed by atoms with Crippen LogP contribution in [0.2, 0.25) is 10.0 Å². The summed E-state index contributed by atoms with van der Waals surface area (Å²) in [7, 11) is 3.23. The molecule has 2 aromatic rings. The average Bonchev–Trinajstić information content (AvgIpc) is 3.46. The first kappa shape index (κ1) is 17.9. The summed E-state index contributed by atoms with van der Waals surface area (Å²) in [6.45, 7) is 0.449. The summed E-state index contributed by atoms with van der Waals surface area (Å²) in [5, 5.41) is 0.813. The van der Waals surface area contributed by atoms with Crippen LogP contribution in [-0.4, -0.2) is 31.1 Å². The Morgan fingerprint density at radius 1 is 1.08 bits per heavy atom. The van der Waals surface area contributed by atoms with Gasteiger partial charge in [0.15, 0.2) is 0 Å². The van der Waals surface area contributed by atoms with Gasteiger partial charge in [0.2, 0.25) is 0 Å². The van der Waals surface area contributed by atoms with Crippen LogP contribution in [0.4, 0.5) is 0 Å². The molecule has 2 aromatic carbocycles. The normalized spacial score (nSPS) is 13.4. The Morgan fingerprint density at radius 2 is 1.84 bits per heavy atom. The van der Waals surface area contributed by atoms with Crippen LogP contribution in [0, 0.1) is 0 Å². The molecule has 132 valence electrons. The van der Waals surface area contributed by atoms with Crippen molar-refractivity contribution in [2.24, 2.45) is 0 Å². The summed E-state index contributed by atoms with van der Waals surface area (Å²) in [6, 6.07) is 10.8. The molecule has 0 saturated heterocycles. The van der Waals surface area contributed by atoms with Crippen LogP contribution < -0.4 is 9.47 Å². The Bertz CT molecular complexity index is 790. The number of benzene rings is 2. The molecule has 0 spiro atoms. The van der Waals surface area contributed by atoms with E-state index in [1.165, 1.54) is 0 Å². The minimum Gasteiger partial charge on any atom is -0.497 e. The van der Waals surface area contributed by atoms with Gasteiger partial charge >= 0.3 is 0 Å². The first-order chi connectivity index (χ1) is 12.0. The Hall–Kier alpha value is -1.91. The lowest BCUT2D eigenvalue weighted by Gasteiger charge is -2.24. The Kier molecular flexibility index (Phi) is 5.40. The summed E-state index contributed by atoms with van der Waals surface area (Å²) < 4.78 is 10.7. The van der Waals surface area contributed by atoms with Crippen LogP contribution in [0.5, 0.6) is 11.5 Å². The standard InChI is InChI=1S/C19H19Cl2NO3/c1-24-15-6-8-18(25-2)13(9-15)11-22(14-4-5-14)19(23)12-3-7-16(20)17(21)10-12/h3,6-10,14H,4-5,11H2,1-2H3. The highest BCUT2D eigenvalue weighted by Crippen LogP contribution is 2.33. The molecule has 25 heavy (non-hydrogen) atoms. The van der Waals surface area contributed by atoms with Gasteiger partial charge in [-0.05, 0) is 49.2 Å². The van der Waals surface area contributed by atoms with E-state index in [4.69, 9.17) is 32.7 Å². The summed E-state index contributed by atoms with van der Waals surface area (Å²) >= 11 is 12.0. The fraction of sp³-hybridized carbons (Fsp3) is 0.316. The third kappa shape index (κ3) is 4.02. The van der Waals surface area contributed by atoms with Crippen molar-refractivity contribution in [1.82, 2.24) is 4.90 Å². The number of halogens is 2. The van der Waals surface area contributed by atoms with Gasteiger partial charge in [0, 0.05) is 17.2 Å². The van der Waals surface area contributed by atoms with Gasteiger partial charge in [-0.1, -0.05) is 23.2 Å². The van der Waals surface area contributed by atoms with Crippen LogP contribution in [0.1, 0.15) is 28.8 Å². The van der Waals surface area contributed by atoms with E-state index in [9.17, 15) is 4.79 Å². The van der Waals surface area contributed by atoms with Crippen molar-refractivity contribution >= 4 is 29.1 Å². The summed E-state index contributed by atoms with van der Waals surface area (Å²) in [4.78, 5) is 14.9. The molecular weight excluding hydrogens is 361 g/mol. The minimum atomic E-state index is -0.0639. The second-order valence-corrected chi connectivity index (χ2v) is 6.79. The van der Waals surface area contributed by atoms with Crippen LogP contribution in [0.15, 0.2) is 36.4 Å². The molecule has 0 radical (unpaired) electrons. The third-order valence-corrected chi connectivity index (χ3v) is 4.98. The number of hydrogen-bond acceptors (Lipinski definition) is 3. The molecule has 1 fully saturated rings. The molecule has 6 heteroatoms. The monoisotopic (exact) mass is 379 g/mol. The van der Waals surface area contributed by atoms with E-state index >= 15 is 0 Å². The zero-order valence-corrected chi connectivity index (χ0v) is 15.6. The zero-order chi connectivity index (χ0) is 18.0. The van der Waals surface area contributed by atoms with Crippen LogP contribution in [0.25, 0.3) is 0 Å². The second kappa shape index (κ2) is 7.54. The predicted octanol–water partition coefficient (Wildman–Crippen LogP) is 4.82. The van der Waals surface area contributed by atoms with Crippen molar-refractivity contribution in [2.75, 3.05) is 14.2 Å². The number of nitrogens with zero attached hydrogens (tertiary/aromatic N) is 1. The zero-order valence-electron chi connectivity index (χ0n) is 14.1. The molecule has 1 amide bonds. The van der Waals surface area contributed by atoms with E-state index in [-0.39, 0.29) is 11.9 Å². The van der Waals surface area contributed by atoms with Crippen molar-refractivity contribution in [3.05, 3.63) is 57.6 Å². The van der Waals surface area contributed by atoms with E-state index in [1.54, 1.807) is 32.4 Å². The topological polar surface area (TPSA) is 38.8 Å².